The fourth-order valence-corrected chi connectivity index (χ4v) is 1.90. The number of rotatable bonds is 4. The van der Waals surface area contributed by atoms with Gasteiger partial charge >= 0.3 is 0 Å². The van der Waals surface area contributed by atoms with E-state index >= 15 is 0 Å². The molecule has 0 unspecified atom stereocenters. The molecule has 112 valence electrons. The molecular formula is C15H18FN3O2. The third-order valence-electron chi connectivity index (χ3n) is 3.46. The number of fused-ring (bicyclic) bond motifs is 1. The van der Waals surface area contributed by atoms with Gasteiger partial charge in [0, 0.05) is 11.6 Å². The number of aromatic nitrogens is 2. The molecule has 1 heterocycles. The molecule has 0 aliphatic carbocycles. The van der Waals surface area contributed by atoms with Crippen LogP contribution in [0.3, 0.4) is 0 Å². The highest BCUT2D eigenvalue weighted by Crippen LogP contribution is 2.09. The molecule has 0 radical (unpaired) electrons. The molecule has 0 aliphatic heterocycles. The van der Waals surface area contributed by atoms with Crippen molar-refractivity contribution in [2.75, 3.05) is 0 Å². The zero-order valence-electron chi connectivity index (χ0n) is 12.3. The summed E-state index contributed by atoms with van der Waals surface area (Å²) in [6.07, 6.45) is 2.05. The number of carbonyl (C=O) groups excluding carboxylic acids is 1. The SMILES string of the molecule is CCC(C)(C)NC(=O)Cn1cnc2cc(F)ccc2c1=O. The van der Waals surface area contributed by atoms with Crippen LogP contribution in [0.2, 0.25) is 0 Å². The van der Waals surface area contributed by atoms with Crippen LogP contribution in [0.15, 0.2) is 29.3 Å². The van der Waals surface area contributed by atoms with E-state index in [0.717, 1.165) is 6.42 Å². The molecule has 0 spiro atoms. The fourth-order valence-electron chi connectivity index (χ4n) is 1.90. The predicted molar refractivity (Wildman–Crippen MR) is 78.5 cm³/mol. The average Bonchev–Trinajstić information content (AvgIpc) is 2.41. The van der Waals surface area contributed by atoms with Gasteiger partial charge in [0.05, 0.1) is 17.2 Å². The zero-order chi connectivity index (χ0) is 15.6. The van der Waals surface area contributed by atoms with Crippen molar-refractivity contribution in [3.05, 3.63) is 40.7 Å². The average molecular weight is 291 g/mol. The topological polar surface area (TPSA) is 64.0 Å². The van der Waals surface area contributed by atoms with Gasteiger partial charge in [-0.25, -0.2) is 9.37 Å². The lowest BCUT2D eigenvalue weighted by atomic mass is 10.0. The van der Waals surface area contributed by atoms with Gasteiger partial charge in [0.1, 0.15) is 12.4 Å². The highest BCUT2D eigenvalue weighted by molar-refractivity contribution is 5.79. The van der Waals surface area contributed by atoms with E-state index in [0.29, 0.717) is 5.39 Å². The molecule has 0 fully saturated rings. The quantitative estimate of drug-likeness (QED) is 0.935. The highest BCUT2D eigenvalue weighted by atomic mass is 19.1. The van der Waals surface area contributed by atoms with Gasteiger partial charge < -0.3 is 5.32 Å². The molecule has 1 aromatic carbocycles. The van der Waals surface area contributed by atoms with Crippen LogP contribution in [0.5, 0.6) is 0 Å². The highest BCUT2D eigenvalue weighted by Gasteiger charge is 2.18. The Morgan fingerprint density at radius 1 is 1.43 bits per heavy atom. The van der Waals surface area contributed by atoms with Gasteiger partial charge in [0.15, 0.2) is 0 Å². The van der Waals surface area contributed by atoms with Crippen LogP contribution in [0.4, 0.5) is 4.39 Å². The molecule has 0 bridgehead atoms. The second-order valence-corrected chi connectivity index (χ2v) is 5.62. The Bertz CT molecular complexity index is 737. The molecule has 0 saturated carbocycles. The minimum absolute atomic E-state index is 0.109. The van der Waals surface area contributed by atoms with Crippen LogP contribution in [0.1, 0.15) is 27.2 Å². The summed E-state index contributed by atoms with van der Waals surface area (Å²) >= 11 is 0. The maximum Gasteiger partial charge on any atom is 0.261 e. The van der Waals surface area contributed by atoms with E-state index in [-0.39, 0.29) is 29.1 Å². The van der Waals surface area contributed by atoms with Crippen molar-refractivity contribution in [2.45, 2.75) is 39.3 Å². The monoisotopic (exact) mass is 291 g/mol. The van der Waals surface area contributed by atoms with Crippen molar-refractivity contribution in [3.8, 4) is 0 Å². The van der Waals surface area contributed by atoms with Crippen LogP contribution < -0.4 is 10.9 Å². The molecule has 1 aromatic heterocycles. The summed E-state index contributed by atoms with van der Waals surface area (Å²) < 4.78 is 14.3. The maximum absolute atomic E-state index is 13.1. The van der Waals surface area contributed by atoms with Crippen LogP contribution in [0.25, 0.3) is 10.9 Å². The molecule has 2 rings (SSSR count). The number of amides is 1. The molecule has 2 aromatic rings. The van der Waals surface area contributed by atoms with Gasteiger partial charge in [0.25, 0.3) is 5.56 Å². The Kier molecular flexibility index (Phi) is 4.06. The third-order valence-corrected chi connectivity index (χ3v) is 3.46. The Labute approximate surface area is 121 Å². The number of nitrogens with zero attached hydrogens (tertiary/aromatic N) is 2. The first-order valence-electron chi connectivity index (χ1n) is 6.78. The zero-order valence-corrected chi connectivity index (χ0v) is 12.3. The standard InChI is InChI=1S/C15H18FN3O2/c1-4-15(2,3)18-13(20)8-19-9-17-12-7-10(16)5-6-11(12)14(19)21/h5-7,9H,4,8H2,1-3H3,(H,18,20). The van der Waals surface area contributed by atoms with E-state index in [9.17, 15) is 14.0 Å². The summed E-state index contributed by atoms with van der Waals surface area (Å²) in [6, 6.07) is 3.78. The molecular weight excluding hydrogens is 273 g/mol. The first-order valence-corrected chi connectivity index (χ1v) is 6.78. The lowest BCUT2D eigenvalue weighted by molar-refractivity contribution is -0.123. The minimum atomic E-state index is -0.449. The second kappa shape index (κ2) is 5.63. The molecule has 1 N–H and O–H groups in total. The Balaban J connectivity index is 2.28. The van der Waals surface area contributed by atoms with Crippen molar-refractivity contribution >= 4 is 16.8 Å². The lowest BCUT2D eigenvalue weighted by Gasteiger charge is -2.24. The van der Waals surface area contributed by atoms with Crippen molar-refractivity contribution in [2.24, 2.45) is 0 Å². The van der Waals surface area contributed by atoms with E-state index in [1.54, 1.807) is 0 Å². The van der Waals surface area contributed by atoms with Crippen molar-refractivity contribution in [3.63, 3.8) is 0 Å². The number of hydrogen-bond acceptors (Lipinski definition) is 3. The second-order valence-electron chi connectivity index (χ2n) is 5.62. The summed E-state index contributed by atoms with van der Waals surface area (Å²) in [7, 11) is 0. The summed E-state index contributed by atoms with van der Waals surface area (Å²) in [6.45, 7) is 5.69. The van der Waals surface area contributed by atoms with Crippen molar-refractivity contribution in [1.82, 2.24) is 14.9 Å². The largest absolute Gasteiger partial charge is 0.350 e. The first kappa shape index (κ1) is 15.2. The van der Waals surface area contributed by atoms with Gasteiger partial charge in [-0.05, 0) is 32.4 Å². The molecule has 0 atom stereocenters. The molecule has 21 heavy (non-hydrogen) atoms. The molecule has 0 aliphatic rings. The Morgan fingerprint density at radius 3 is 2.81 bits per heavy atom. The fraction of sp³-hybridized carbons (Fsp3) is 0.400. The Morgan fingerprint density at radius 2 is 2.14 bits per heavy atom. The van der Waals surface area contributed by atoms with Crippen molar-refractivity contribution < 1.29 is 9.18 Å². The number of halogens is 1. The molecule has 1 amide bonds. The third kappa shape index (κ3) is 3.45. The van der Waals surface area contributed by atoms with E-state index in [2.05, 4.69) is 10.3 Å². The van der Waals surface area contributed by atoms with E-state index in [4.69, 9.17) is 0 Å². The van der Waals surface area contributed by atoms with Gasteiger partial charge in [-0.2, -0.15) is 0 Å². The van der Waals surface area contributed by atoms with Gasteiger partial charge in [-0.3, -0.25) is 14.2 Å². The molecule has 0 saturated heterocycles. The Hall–Kier alpha value is -2.24. The number of nitrogens with one attached hydrogen (secondary N) is 1. The molecule has 5 nitrogen and oxygen atoms in total. The number of hydrogen-bond donors (Lipinski definition) is 1. The maximum atomic E-state index is 13.1. The number of carbonyl (C=O) groups is 1. The lowest BCUT2D eigenvalue weighted by Crippen LogP contribution is -2.45. The van der Waals surface area contributed by atoms with Gasteiger partial charge in [-0.15, -0.1) is 0 Å². The van der Waals surface area contributed by atoms with Crippen LogP contribution in [-0.2, 0) is 11.3 Å². The normalized spacial score (nSPS) is 11.6. The first-order chi connectivity index (χ1) is 9.82. The van der Waals surface area contributed by atoms with Crippen LogP contribution in [0, 0.1) is 5.82 Å². The van der Waals surface area contributed by atoms with Crippen molar-refractivity contribution in [1.29, 1.82) is 0 Å². The van der Waals surface area contributed by atoms with Crippen LogP contribution in [-0.4, -0.2) is 21.0 Å². The summed E-state index contributed by atoms with van der Waals surface area (Å²) in [5, 5.41) is 3.15. The minimum Gasteiger partial charge on any atom is -0.350 e. The summed E-state index contributed by atoms with van der Waals surface area (Å²) in [5.74, 6) is -0.707. The van der Waals surface area contributed by atoms with Gasteiger partial charge in [0.2, 0.25) is 5.91 Å². The van der Waals surface area contributed by atoms with Crippen LogP contribution >= 0.6 is 0 Å². The van der Waals surface area contributed by atoms with E-state index in [1.807, 2.05) is 20.8 Å². The summed E-state index contributed by atoms with van der Waals surface area (Å²) in [5.41, 5.74) is -0.399. The summed E-state index contributed by atoms with van der Waals surface area (Å²) in [4.78, 5) is 28.2. The smallest absolute Gasteiger partial charge is 0.261 e. The van der Waals surface area contributed by atoms with E-state index < -0.39 is 5.82 Å². The number of benzene rings is 1. The van der Waals surface area contributed by atoms with Gasteiger partial charge in [-0.1, -0.05) is 6.92 Å². The molecule has 6 heteroatoms. The predicted octanol–water partition coefficient (Wildman–Crippen LogP) is 1.84. The van der Waals surface area contributed by atoms with E-state index in [1.165, 1.54) is 29.1 Å².